The molecule has 0 atom stereocenters. The summed E-state index contributed by atoms with van der Waals surface area (Å²) in [7, 11) is -3.66. The normalized spacial score (nSPS) is 12.6. The first-order chi connectivity index (χ1) is 14.4. The largest absolute Gasteiger partial charge is 0.383 e. The predicted molar refractivity (Wildman–Crippen MR) is 127 cm³/mol. The molecule has 0 radical (unpaired) electrons. The Morgan fingerprint density at radius 2 is 1.77 bits per heavy atom. The van der Waals surface area contributed by atoms with E-state index < -0.39 is 15.6 Å². The lowest BCUT2D eigenvalue weighted by atomic mass is 10.1. The second kappa shape index (κ2) is 10.3. The summed E-state index contributed by atoms with van der Waals surface area (Å²) in [5, 5.41) is 2.85. The average molecular weight is 463 g/mol. The smallest absolute Gasteiger partial charge is 0.251 e. The van der Waals surface area contributed by atoms with E-state index in [-0.39, 0.29) is 16.6 Å². The summed E-state index contributed by atoms with van der Waals surface area (Å²) < 4.78 is 27.5. The Hall–Kier alpha value is -2.36. The van der Waals surface area contributed by atoms with Gasteiger partial charge in [0.2, 0.25) is 10.0 Å². The SMILES string of the molecule is Cc1ccc(C(=O)NCCCN=C(N)c2ccc(S(=O)(=O)NC(C)(C)C)cc2S)cc1. The van der Waals surface area contributed by atoms with E-state index in [1.807, 2.05) is 19.1 Å². The minimum atomic E-state index is -3.66. The Bertz CT molecular complexity index is 1060. The Morgan fingerprint density at radius 3 is 2.35 bits per heavy atom. The second-order valence-electron chi connectivity index (χ2n) is 8.28. The monoisotopic (exact) mass is 462 g/mol. The summed E-state index contributed by atoms with van der Waals surface area (Å²) in [4.78, 5) is 16.9. The molecule has 2 aromatic rings. The molecular weight excluding hydrogens is 432 g/mol. The molecule has 7 nitrogen and oxygen atoms in total. The number of thiol groups is 1. The molecule has 0 heterocycles. The van der Waals surface area contributed by atoms with Crippen LogP contribution in [0.25, 0.3) is 0 Å². The number of hydrogen-bond acceptors (Lipinski definition) is 5. The fourth-order valence-corrected chi connectivity index (χ4v) is 4.59. The Kier molecular flexibility index (Phi) is 8.27. The molecule has 0 fully saturated rings. The van der Waals surface area contributed by atoms with E-state index in [4.69, 9.17) is 5.73 Å². The molecule has 2 rings (SSSR count). The number of carbonyl (C=O) groups excluding carboxylic acids is 1. The number of benzene rings is 2. The van der Waals surface area contributed by atoms with Crippen molar-refractivity contribution in [2.75, 3.05) is 13.1 Å². The van der Waals surface area contributed by atoms with E-state index in [2.05, 4.69) is 27.7 Å². The van der Waals surface area contributed by atoms with Crippen LogP contribution in [0.15, 0.2) is 57.2 Å². The molecular formula is C22H30N4O3S2. The third-order valence-electron chi connectivity index (χ3n) is 4.21. The van der Waals surface area contributed by atoms with E-state index in [1.165, 1.54) is 12.1 Å². The summed E-state index contributed by atoms with van der Waals surface area (Å²) in [6.45, 7) is 8.17. The third kappa shape index (κ3) is 7.68. The molecule has 0 aliphatic rings. The number of amides is 1. The van der Waals surface area contributed by atoms with Crippen molar-refractivity contribution in [3.63, 3.8) is 0 Å². The number of nitrogens with two attached hydrogens (primary N) is 1. The molecule has 168 valence electrons. The van der Waals surface area contributed by atoms with Crippen molar-refractivity contribution in [1.82, 2.24) is 10.0 Å². The number of sulfonamides is 1. The number of aryl methyl sites for hydroxylation is 1. The highest BCUT2D eigenvalue weighted by Gasteiger charge is 2.22. The minimum Gasteiger partial charge on any atom is -0.383 e. The fourth-order valence-electron chi connectivity index (χ4n) is 2.73. The first-order valence-corrected chi connectivity index (χ1v) is 11.8. The van der Waals surface area contributed by atoms with Crippen LogP contribution in [0.5, 0.6) is 0 Å². The van der Waals surface area contributed by atoms with Gasteiger partial charge in [0, 0.05) is 34.7 Å². The quantitative estimate of drug-likeness (QED) is 0.209. The van der Waals surface area contributed by atoms with E-state index in [0.717, 1.165) is 5.56 Å². The molecule has 0 saturated heterocycles. The van der Waals surface area contributed by atoms with Gasteiger partial charge in [0.15, 0.2) is 0 Å². The van der Waals surface area contributed by atoms with Gasteiger partial charge in [-0.05, 0) is 64.4 Å². The number of carbonyl (C=O) groups is 1. The lowest BCUT2D eigenvalue weighted by Gasteiger charge is -2.20. The van der Waals surface area contributed by atoms with Crippen LogP contribution < -0.4 is 15.8 Å². The molecule has 0 aromatic heterocycles. The van der Waals surface area contributed by atoms with Crippen LogP contribution >= 0.6 is 12.6 Å². The molecule has 0 spiro atoms. The lowest BCUT2D eigenvalue weighted by Crippen LogP contribution is -2.40. The van der Waals surface area contributed by atoms with Crippen LogP contribution in [0.2, 0.25) is 0 Å². The molecule has 31 heavy (non-hydrogen) atoms. The summed E-state index contributed by atoms with van der Waals surface area (Å²) in [5.74, 6) is 0.137. The van der Waals surface area contributed by atoms with Crippen molar-refractivity contribution in [2.45, 2.75) is 49.4 Å². The van der Waals surface area contributed by atoms with Gasteiger partial charge in [-0.1, -0.05) is 17.7 Å². The highest BCUT2D eigenvalue weighted by molar-refractivity contribution is 7.89. The number of rotatable bonds is 8. The first-order valence-electron chi connectivity index (χ1n) is 9.91. The summed E-state index contributed by atoms with van der Waals surface area (Å²) in [5.41, 5.74) is 7.73. The van der Waals surface area contributed by atoms with Crippen LogP contribution in [0, 0.1) is 6.92 Å². The van der Waals surface area contributed by atoms with Crippen molar-refractivity contribution in [3.05, 3.63) is 59.2 Å². The molecule has 2 aromatic carbocycles. The number of nitrogens with zero attached hydrogens (tertiary/aromatic N) is 1. The van der Waals surface area contributed by atoms with E-state index in [0.29, 0.717) is 35.5 Å². The highest BCUT2D eigenvalue weighted by atomic mass is 32.2. The summed E-state index contributed by atoms with van der Waals surface area (Å²) >= 11 is 4.38. The van der Waals surface area contributed by atoms with E-state index in [9.17, 15) is 13.2 Å². The number of aliphatic imine (C=N–C) groups is 1. The summed E-state index contributed by atoms with van der Waals surface area (Å²) in [6, 6.07) is 11.9. The van der Waals surface area contributed by atoms with Crippen LogP contribution in [-0.2, 0) is 10.0 Å². The Balaban J connectivity index is 1.93. The van der Waals surface area contributed by atoms with Crippen molar-refractivity contribution in [3.8, 4) is 0 Å². The molecule has 4 N–H and O–H groups in total. The number of amidine groups is 1. The molecule has 0 unspecified atom stereocenters. The minimum absolute atomic E-state index is 0.114. The van der Waals surface area contributed by atoms with Crippen molar-refractivity contribution in [1.29, 1.82) is 0 Å². The van der Waals surface area contributed by atoms with Gasteiger partial charge in [-0.3, -0.25) is 9.79 Å². The highest BCUT2D eigenvalue weighted by Crippen LogP contribution is 2.20. The fraction of sp³-hybridized carbons (Fsp3) is 0.364. The van der Waals surface area contributed by atoms with E-state index in [1.54, 1.807) is 39.0 Å². The molecule has 9 heteroatoms. The van der Waals surface area contributed by atoms with Crippen molar-refractivity contribution >= 4 is 34.4 Å². The van der Waals surface area contributed by atoms with Gasteiger partial charge in [-0.25, -0.2) is 13.1 Å². The standard InChI is InChI=1S/C22H30N4O3S2/c1-15-6-8-16(9-7-15)21(27)25-13-5-12-24-20(23)18-11-10-17(14-19(18)30)31(28,29)26-22(2,3)4/h6-11,14,26,30H,5,12-13H2,1-4H3,(H2,23,24)(H,25,27). The van der Waals surface area contributed by atoms with Gasteiger partial charge in [0.1, 0.15) is 5.84 Å². The Labute approximate surface area is 190 Å². The van der Waals surface area contributed by atoms with Gasteiger partial charge >= 0.3 is 0 Å². The van der Waals surface area contributed by atoms with Crippen molar-refractivity contribution in [2.24, 2.45) is 10.7 Å². The molecule has 0 aliphatic carbocycles. The third-order valence-corrected chi connectivity index (χ3v) is 6.34. The maximum absolute atomic E-state index is 12.5. The number of hydrogen-bond donors (Lipinski definition) is 4. The van der Waals surface area contributed by atoms with Crippen LogP contribution in [0.4, 0.5) is 0 Å². The van der Waals surface area contributed by atoms with Crippen LogP contribution in [-0.4, -0.2) is 38.8 Å². The van der Waals surface area contributed by atoms with Gasteiger partial charge in [-0.15, -0.1) is 12.6 Å². The maximum Gasteiger partial charge on any atom is 0.251 e. The molecule has 0 bridgehead atoms. The molecule has 0 saturated carbocycles. The summed E-state index contributed by atoms with van der Waals surface area (Å²) in [6.07, 6.45) is 0.613. The van der Waals surface area contributed by atoms with E-state index >= 15 is 0 Å². The van der Waals surface area contributed by atoms with Gasteiger partial charge < -0.3 is 11.1 Å². The lowest BCUT2D eigenvalue weighted by molar-refractivity contribution is 0.0953. The van der Waals surface area contributed by atoms with Crippen molar-refractivity contribution < 1.29 is 13.2 Å². The van der Waals surface area contributed by atoms with Gasteiger partial charge in [-0.2, -0.15) is 0 Å². The maximum atomic E-state index is 12.5. The average Bonchev–Trinajstić information content (AvgIpc) is 2.66. The first kappa shape index (κ1) is 24.9. The van der Waals surface area contributed by atoms with Crippen LogP contribution in [0.1, 0.15) is 48.7 Å². The zero-order chi connectivity index (χ0) is 23.2. The topological polar surface area (TPSA) is 114 Å². The van der Waals surface area contributed by atoms with Crippen LogP contribution in [0.3, 0.4) is 0 Å². The molecule has 0 aliphatic heterocycles. The number of nitrogens with one attached hydrogen (secondary N) is 2. The predicted octanol–water partition coefficient (Wildman–Crippen LogP) is 2.89. The zero-order valence-corrected chi connectivity index (χ0v) is 20.0. The van der Waals surface area contributed by atoms with Gasteiger partial charge in [0.25, 0.3) is 5.91 Å². The zero-order valence-electron chi connectivity index (χ0n) is 18.3. The van der Waals surface area contributed by atoms with Gasteiger partial charge in [0.05, 0.1) is 4.90 Å². The molecule has 1 amide bonds. The Morgan fingerprint density at radius 1 is 1.13 bits per heavy atom. The second-order valence-corrected chi connectivity index (χ2v) is 10.4.